The van der Waals surface area contributed by atoms with E-state index in [0.717, 1.165) is 17.6 Å². The molecule has 0 aliphatic heterocycles. The Bertz CT molecular complexity index is 250. The van der Waals surface area contributed by atoms with Gasteiger partial charge in [-0.3, -0.25) is 0 Å². The third-order valence-corrected chi connectivity index (χ3v) is 1.94. The Balaban J connectivity index is 2.90. The summed E-state index contributed by atoms with van der Waals surface area (Å²) in [5, 5.41) is 0. The summed E-state index contributed by atoms with van der Waals surface area (Å²) in [6.07, 6.45) is 0. The van der Waals surface area contributed by atoms with Crippen molar-refractivity contribution in [2.45, 2.75) is 11.8 Å². The summed E-state index contributed by atoms with van der Waals surface area (Å²) in [4.78, 5) is 0.526. The molecule has 1 nitrogen and oxygen atoms in total. The van der Waals surface area contributed by atoms with Crippen LogP contribution in [0.2, 0.25) is 0 Å². The highest BCUT2D eigenvalue weighted by molar-refractivity contribution is 7.94. The second-order valence-electron chi connectivity index (χ2n) is 2.18. The minimum absolute atomic E-state index is 0.225. The highest BCUT2D eigenvalue weighted by Gasteiger charge is 2.01. The molecular weight excluding hydrogens is 163 g/mol. The first-order valence-corrected chi connectivity index (χ1v) is 3.95. The van der Waals surface area contributed by atoms with Crippen molar-refractivity contribution in [3.8, 4) is 0 Å². The highest BCUT2D eigenvalue weighted by atomic mass is 32.2. The molecule has 0 bridgehead atoms. The van der Waals surface area contributed by atoms with Gasteiger partial charge in [0.25, 0.3) is 0 Å². The van der Waals surface area contributed by atoms with Gasteiger partial charge in [0.2, 0.25) is 0 Å². The molecule has 0 fully saturated rings. The lowest BCUT2D eigenvalue weighted by molar-refractivity contribution is 0.485. The first-order valence-electron chi connectivity index (χ1n) is 3.21. The van der Waals surface area contributed by atoms with Gasteiger partial charge < -0.3 is 4.18 Å². The van der Waals surface area contributed by atoms with Crippen molar-refractivity contribution in [2.24, 2.45) is 0 Å². The SMILES string of the molecule is COSc1ccc(C)cc1F. The molecule has 1 aromatic rings. The molecule has 0 heterocycles. The number of aryl methyl sites for hydroxylation is 1. The number of hydrogen-bond acceptors (Lipinski definition) is 2. The topological polar surface area (TPSA) is 9.23 Å². The Kier molecular flexibility index (Phi) is 2.91. The summed E-state index contributed by atoms with van der Waals surface area (Å²) in [6, 6.07) is 5.05. The zero-order valence-electron chi connectivity index (χ0n) is 6.43. The molecule has 0 radical (unpaired) electrons. The van der Waals surface area contributed by atoms with Gasteiger partial charge >= 0.3 is 0 Å². The second kappa shape index (κ2) is 3.74. The van der Waals surface area contributed by atoms with Gasteiger partial charge in [0.05, 0.1) is 12.0 Å². The second-order valence-corrected chi connectivity index (χ2v) is 3.12. The minimum atomic E-state index is -0.225. The van der Waals surface area contributed by atoms with E-state index in [1.54, 1.807) is 6.07 Å². The summed E-state index contributed by atoms with van der Waals surface area (Å²) in [6.45, 7) is 1.85. The molecule has 0 aliphatic rings. The molecule has 0 aliphatic carbocycles. The maximum absolute atomic E-state index is 12.9. The molecule has 0 aromatic heterocycles. The van der Waals surface area contributed by atoms with Gasteiger partial charge in [0.15, 0.2) is 0 Å². The number of rotatable bonds is 2. The minimum Gasteiger partial charge on any atom is -0.313 e. The van der Waals surface area contributed by atoms with Crippen LogP contribution in [-0.2, 0) is 4.18 Å². The molecule has 1 aromatic carbocycles. The molecule has 0 spiro atoms. The molecular formula is C8H9FOS. The van der Waals surface area contributed by atoms with Gasteiger partial charge in [-0.1, -0.05) is 6.07 Å². The van der Waals surface area contributed by atoms with Crippen molar-refractivity contribution in [1.29, 1.82) is 0 Å². The molecule has 0 saturated carbocycles. The van der Waals surface area contributed by atoms with E-state index < -0.39 is 0 Å². The van der Waals surface area contributed by atoms with Crippen LogP contribution < -0.4 is 0 Å². The van der Waals surface area contributed by atoms with Crippen LogP contribution in [0.5, 0.6) is 0 Å². The van der Waals surface area contributed by atoms with Crippen LogP contribution in [0.15, 0.2) is 23.1 Å². The first kappa shape index (κ1) is 8.56. The van der Waals surface area contributed by atoms with E-state index in [0.29, 0.717) is 4.90 Å². The van der Waals surface area contributed by atoms with Gasteiger partial charge in [-0.05, 0) is 24.6 Å². The Morgan fingerprint density at radius 3 is 2.73 bits per heavy atom. The highest BCUT2D eigenvalue weighted by Crippen LogP contribution is 2.22. The van der Waals surface area contributed by atoms with Gasteiger partial charge in [0.1, 0.15) is 5.82 Å². The van der Waals surface area contributed by atoms with Crippen LogP contribution in [0.3, 0.4) is 0 Å². The fourth-order valence-electron chi connectivity index (χ4n) is 0.763. The van der Waals surface area contributed by atoms with Crippen LogP contribution >= 0.6 is 12.0 Å². The monoisotopic (exact) mass is 172 g/mol. The third-order valence-electron chi connectivity index (χ3n) is 1.26. The lowest BCUT2D eigenvalue weighted by Gasteiger charge is -1.99. The predicted octanol–water partition coefficient (Wildman–Crippen LogP) is 2.79. The van der Waals surface area contributed by atoms with E-state index in [9.17, 15) is 4.39 Å². The molecule has 0 unspecified atom stereocenters. The Morgan fingerprint density at radius 2 is 2.18 bits per heavy atom. The average Bonchev–Trinajstić information content (AvgIpc) is 1.95. The molecule has 0 N–H and O–H groups in total. The molecule has 3 heteroatoms. The first-order chi connectivity index (χ1) is 5.24. The average molecular weight is 172 g/mol. The van der Waals surface area contributed by atoms with Crippen LogP contribution in [0.4, 0.5) is 4.39 Å². The maximum Gasteiger partial charge on any atom is 0.139 e. The Morgan fingerprint density at radius 1 is 1.45 bits per heavy atom. The Hall–Kier alpha value is -0.540. The number of hydrogen-bond donors (Lipinski definition) is 0. The zero-order valence-corrected chi connectivity index (χ0v) is 7.24. The molecule has 60 valence electrons. The largest absolute Gasteiger partial charge is 0.313 e. The van der Waals surface area contributed by atoms with Gasteiger partial charge in [-0.15, -0.1) is 0 Å². The standard InChI is InChI=1S/C8H9FOS/c1-6-3-4-8(11-10-2)7(9)5-6/h3-5H,1-2H3. The lowest BCUT2D eigenvalue weighted by atomic mass is 10.2. The quantitative estimate of drug-likeness (QED) is 0.634. The van der Waals surface area contributed by atoms with Crippen LogP contribution in [0.1, 0.15) is 5.56 Å². The fraction of sp³-hybridized carbons (Fsp3) is 0.250. The van der Waals surface area contributed by atoms with Crippen LogP contribution in [0.25, 0.3) is 0 Å². The zero-order chi connectivity index (χ0) is 8.27. The van der Waals surface area contributed by atoms with E-state index >= 15 is 0 Å². The molecule has 0 amide bonds. The number of halogens is 1. The van der Waals surface area contributed by atoms with Crippen LogP contribution in [-0.4, -0.2) is 7.11 Å². The van der Waals surface area contributed by atoms with E-state index in [1.807, 2.05) is 13.0 Å². The van der Waals surface area contributed by atoms with E-state index in [2.05, 4.69) is 0 Å². The smallest absolute Gasteiger partial charge is 0.139 e. The molecule has 1 rings (SSSR count). The summed E-state index contributed by atoms with van der Waals surface area (Å²) in [7, 11) is 1.52. The normalized spacial score (nSPS) is 10.1. The lowest BCUT2D eigenvalue weighted by Crippen LogP contribution is -1.82. The van der Waals surface area contributed by atoms with Crippen LogP contribution in [0, 0.1) is 12.7 Å². The molecule has 0 saturated heterocycles. The van der Waals surface area contributed by atoms with Gasteiger partial charge in [-0.25, -0.2) is 4.39 Å². The third kappa shape index (κ3) is 2.20. The van der Waals surface area contributed by atoms with Crippen molar-refractivity contribution >= 4 is 12.0 Å². The van der Waals surface area contributed by atoms with Crippen molar-refractivity contribution in [3.05, 3.63) is 29.6 Å². The summed E-state index contributed by atoms with van der Waals surface area (Å²) >= 11 is 1.04. The van der Waals surface area contributed by atoms with Crippen molar-refractivity contribution in [3.63, 3.8) is 0 Å². The van der Waals surface area contributed by atoms with Gasteiger partial charge in [-0.2, -0.15) is 0 Å². The molecule has 11 heavy (non-hydrogen) atoms. The van der Waals surface area contributed by atoms with Crippen molar-refractivity contribution in [2.75, 3.05) is 7.11 Å². The van der Waals surface area contributed by atoms with E-state index in [-0.39, 0.29) is 5.82 Å². The maximum atomic E-state index is 12.9. The number of benzene rings is 1. The predicted molar refractivity (Wildman–Crippen MR) is 44.0 cm³/mol. The van der Waals surface area contributed by atoms with E-state index in [4.69, 9.17) is 4.18 Å². The van der Waals surface area contributed by atoms with Gasteiger partial charge in [0, 0.05) is 12.0 Å². The molecule has 0 atom stereocenters. The fourth-order valence-corrected chi connectivity index (χ4v) is 1.20. The summed E-state index contributed by atoms with van der Waals surface area (Å²) in [5.74, 6) is -0.225. The van der Waals surface area contributed by atoms with E-state index in [1.165, 1.54) is 13.2 Å². The summed E-state index contributed by atoms with van der Waals surface area (Å²) in [5.41, 5.74) is 0.919. The summed E-state index contributed by atoms with van der Waals surface area (Å²) < 4.78 is 17.7. The Labute approximate surface area is 69.8 Å². The van der Waals surface area contributed by atoms with Crippen molar-refractivity contribution < 1.29 is 8.57 Å². The van der Waals surface area contributed by atoms with Crippen molar-refractivity contribution in [1.82, 2.24) is 0 Å².